The summed E-state index contributed by atoms with van der Waals surface area (Å²) in [5.41, 5.74) is 0.278. The van der Waals surface area contributed by atoms with E-state index in [-0.39, 0.29) is 22.9 Å². The predicted molar refractivity (Wildman–Crippen MR) is 62.9 cm³/mol. The van der Waals surface area contributed by atoms with Crippen LogP contribution in [0.15, 0.2) is 24.5 Å². The quantitative estimate of drug-likeness (QED) is 0.919. The first kappa shape index (κ1) is 12.7. The van der Waals surface area contributed by atoms with Crippen LogP contribution in [0.1, 0.15) is 5.56 Å². The number of ether oxygens (including phenoxy) is 1. The molecule has 0 saturated carbocycles. The molecule has 0 bridgehead atoms. The number of halogens is 2. The average Bonchev–Trinajstić information content (AvgIpc) is 2.42. The first-order valence-electron chi connectivity index (χ1n) is 5.17. The molecule has 0 fully saturated rings. The van der Waals surface area contributed by atoms with Crippen LogP contribution in [0.5, 0.6) is 5.88 Å². The fourth-order valence-electron chi connectivity index (χ4n) is 1.43. The summed E-state index contributed by atoms with van der Waals surface area (Å²) in [5, 5.41) is 11.5. The number of nitrogens with one attached hydrogen (secondary N) is 1. The summed E-state index contributed by atoms with van der Waals surface area (Å²) in [6, 6.07) is 5.32. The molecule has 0 amide bonds. The average molecular weight is 262 g/mol. The predicted octanol–water partition coefficient (Wildman–Crippen LogP) is 2.38. The Morgan fingerprint density at radius 2 is 2.11 bits per heavy atom. The monoisotopic (exact) mass is 262 g/mol. The molecule has 1 heterocycles. The van der Waals surface area contributed by atoms with Gasteiger partial charge in [0.1, 0.15) is 18.2 Å². The van der Waals surface area contributed by atoms with Gasteiger partial charge in [0.2, 0.25) is 5.82 Å². The van der Waals surface area contributed by atoms with Crippen LogP contribution in [0.25, 0.3) is 0 Å². The number of methoxy groups -OCH3 is 1. The van der Waals surface area contributed by atoms with E-state index < -0.39 is 11.6 Å². The van der Waals surface area contributed by atoms with E-state index in [4.69, 9.17) is 10.00 Å². The van der Waals surface area contributed by atoms with Crippen molar-refractivity contribution in [1.82, 2.24) is 9.97 Å². The van der Waals surface area contributed by atoms with Crippen molar-refractivity contribution in [2.75, 3.05) is 12.4 Å². The van der Waals surface area contributed by atoms with Crippen molar-refractivity contribution < 1.29 is 13.5 Å². The van der Waals surface area contributed by atoms with Crippen molar-refractivity contribution in [3.05, 3.63) is 41.7 Å². The lowest BCUT2D eigenvalue weighted by Gasteiger charge is -2.09. The van der Waals surface area contributed by atoms with Gasteiger partial charge in [-0.25, -0.2) is 9.37 Å². The lowest BCUT2D eigenvalue weighted by molar-refractivity contribution is 0.368. The molecule has 19 heavy (non-hydrogen) atoms. The van der Waals surface area contributed by atoms with Crippen molar-refractivity contribution >= 4 is 11.5 Å². The molecule has 0 radical (unpaired) electrons. The highest BCUT2D eigenvalue weighted by Gasteiger charge is 2.13. The topological polar surface area (TPSA) is 70.8 Å². The Balaban J connectivity index is 2.40. The van der Waals surface area contributed by atoms with Crippen LogP contribution >= 0.6 is 0 Å². The molecule has 2 aromatic rings. The fraction of sp³-hybridized carbons (Fsp3) is 0.0833. The largest absolute Gasteiger partial charge is 0.479 e. The van der Waals surface area contributed by atoms with Gasteiger partial charge in [-0.3, -0.25) is 0 Å². The van der Waals surface area contributed by atoms with Crippen molar-refractivity contribution in [3.8, 4) is 11.9 Å². The third-order valence-electron chi connectivity index (χ3n) is 2.31. The molecule has 0 unspecified atom stereocenters. The summed E-state index contributed by atoms with van der Waals surface area (Å²) in [6.07, 6.45) is 1.11. The first-order chi connectivity index (χ1) is 9.15. The van der Waals surface area contributed by atoms with E-state index in [1.54, 1.807) is 6.07 Å². The molecule has 0 saturated heterocycles. The Morgan fingerprint density at radius 3 is 2.79 bits per heavy atom. The molecule has 0 aliphatic heterocycles. The Kier molecular flexibility index (Phi) is 3.52. The third-order valence-corrected chi connectivity index (χ3v) is 2.31. The van der Waals surface area contributed by atoms with E-state index in [9.17, 15) is 8.78 Å². The minimum Gasteiger partial charge on any atom is -0.479 e. The minimum absolute atomic E-state index is 0.0389. The second-order valence-electron chi connectivity index (χ2n) is 3.47. The van der Waals surface area contributed by atoms with Crippen LogP contribution in [-0.2, 0) is 0 Å². The number of nitrogens with zero attached hydrogens (tertiary/aromatic N) is 3. The molecule has 0 atom stereocenters. The van der Waals surface area contributed by atoms with Gasteiger partial charge in [0.15, 0.2) is 5.82 Å². The fourth-order valence-corrected chi connectivity index (χ4v) is 1.43. The Hall–Kier alpha value is -2.75. The van der Waals surface area contributed by atoms with Crippen LogP contribution in [-0.4, -0.2) is 17.1 Å². The Labute approximate surface area is 107 Å². The second kappa shape index (κ2) is 5.27. The molecule has 2 rings (SSSR count). The van der Waals surface area contributed by atoms with Gasteiger partial charge in [-0.1, -0.05) is 0 Å². The normalized spacial score (nSPS) is 9.79. The van der Waals surface area contributed by atoms with Gasteiger partial charge >= 0.3 is 0 Å². The molecular formula is C12H8F2N4O. The van der Waals surface area contributed by atoms with Crippen molar-refractivity contribution in [2.24, 2.45) is 0 Å². The lowest BCUT2D eigenvalue weighted by Crippen LogP contribution is -2.02. The number of hydrogen-bond acceptors (Lipinski definition) is 5. The van der Waals surface area contributed by atoms with E-state index in [1.165, 1.54) is 13.2 Å². The van der Waals surface area contributed by atoms with Gasteiger partial charge in [0.05, 0.1) is 18.4 Å². The number of hydrogen-bond donors (Lipinski definition) is 1. The van der Waals surface area contributed by atoms with Crippen molar-refractivity contribution in [2.45, 2.75) is 0 Å². The number of anilines is 2. The van der Waals surface area contributed by atoms with Gasteiger partial charge in [-0.15, -0.1) is 0 Å². The van der Waals surface area contributed by atoms with Crippen LogP contribution in [0.2, 0.25) is 0 Å². The lowest BCUT2D eigenvalue weighted by atomic mass is 10.2. The molecule has 5 nitrogen and oxygen atoms in total. The van der Waals surface area contributed by atoms with Gasteiger partial charge in [-0.05, 0) is 18.2 Å². The maximum absolute atomic E-state index is 13.8. The highest BCUT2D eigenvalue weighted by atomic mass is 19.1. The van der Waals surface area contributed by atoms with Gasteiger partial charge < -0.3 is 10.1 Å². The molecule has 1 aromatic carbocycles. The summed E-state index contributed by atoms with van der Waals surface area (Å²) >= 11 is 0. The molecule has 1 aromatic heterocycles. The highest BCUT2D eigenvalue weighted by Crippen LogP contribution is 2.25. The molecule has 0 spiro atoms. The molecule has 0 aliphatic carbocycles. The highest BCUT2D eigenvalue weighted by molar-refractivity contribution is 5.65. The second-order valence-corrected chi connectivity index (χ2v) is 3.47. The maximum atomic E-state index is 13.8. The zero-order valence-corrected chi connectivity index (χ0v) is 9.82. The maximum Gasteiger partial charge on any atom is 0.255 e. The van der Waals surface area contributed by atoms with Gasteiger partial charge in [0.25, 0.3) is 5.88 Å². The van der Waals surface area contributed by atoms with E-state index in [0.29, 0.717) is 0 Å². The molecule has 96 valence electrons. The van der Waals surface area contributed by atoms with Crippen molar-refractivity contribution in [1.29, 1.82) is 5.26 Å². The zero-order chi connectivity index (χ0) is 13.8. The molecule has 1 N–H and O–H groups in total. The van der Waals surface area contributed by atoms with E-state index in [2.05, 4.69) is 15.3 Å². The summed E-state index contributed by atoms with van der Waals surface area (Å²) in [7, 11) is 1.27. The van der Waals surface area contributed by atoms with E-state index in [0.717, 1.165) is 18.5 Å². The first-order valence-corrected chi connectivity index (χ1v) is 5.17. The summed E-state index contributed by atoms with van der Waals surface area (Å²) in [5.74, 6) is -1.73. The van der Waals surface area contributed by atoms with Crippen LogP contribution in [0.4, 0.5) is 20.3 Å². The van der Waals surface area contributed by atoms with E-state index >= 15 is 0 Å². The van der Waals surface area contributed by atoms with Crippen LogP contribution in [0.3, 0.4) is 0 Å². The van der Waals surface area contributed by atoms with Crippen LogP contribution in [0, 0.1) is 23.0 Å². The number of aromatic nitrogens is 2. The van der Waals surface area contributed by atoms with E-state index in [1.807, 2.05) is 0 Å². The number of benzene rings is 1. The Bertz CT molecular complexity index is 655. The van der Waals surface area contributed by atoms with Gasteiger partial charge in [0, 0.05) is 0 Å². The van der Waals surface area contributed by atoms with Crippen molar-refractivity contribution in [3.63, 3.8) is 0 Å². The molecule has 0 aliphatic rings. The summed E-state index contributed by atoms with van der Waals surface area (Å²) in [4.78, 5) is 7.28. The standard InChI is InChI=1S/C12H8F2N4O/c1-19-12-10(14)11(16-6-17-12)18-9-3-2-8(13)4-7(9)5-15/h2-4,6H,1H3,(H,16,17,18). The summed E-state index contributed by atoms with van der Waals surface area (Å²) < 4.78 is 31.5. The Morgan fingerprint density at radius 1 is 1.32 bits per heavy atom. The zero-order valence-electron chi connectivity index (χ0n) is 9.82. The molecule has 7 heteroatoms. The number of rotatable bonds is 3. The smallest absolute Gasteiger partial charge is 0.255 e. The van der Waals surface area contributed by atoms with Gasteiger partial charge in [-0.2, -0.15) is 14.6 Å². The summed E-state index contributed by atoms with van der Waals surface area (Å²) in [6.45, 7) is 0. The number of nitriles is 1. The SMILES string of the molecule is COc1ncnc(Nc2ccc(F)cc2C#N)c1F. The minimum atomic E-state index is -0.793. The molecular weight excluding hydrogens is 254 g/mol. The van der Waals surface area contributed by atoms with Crippen LogP contribution < -0.4 is 10.1 Å². The third kappa shape index (κ3) is 2.57.